The molecule has 0 spiro atoms. The van der Waals surface area contributed by atoms with Crippen molar-refractivity contribution in [3.63, 3.8) is 0 Å². The Bertz CT molecular complexity index is 779. The highest BCUT2D eigenvalue weighted by atomic mass is 16.6. The first-order chi connectivity index (χ1) is 15.0. The van der Waals surface area contributed by atoms with Gasteiger partial charge >= 0.3 is 12.1 Å². The molecule has 1 saturated heterocycles. The molecule has 1 heterocycles. The van der Waals surface area contributed by atoms with Crippen LogP contribution in [0.5, 0.6) is 0 Å². The average Bonchev–Trinajstić information content (AvgIpc) is 2.96. The van der Waals surface area contributed by atoms with Crippen LogP contribution in [0.2, 0.25) is 0 Å². The van der Waals surface area contributed by atoms with Crippen LogP contribution in [0.25, 0.3) is 0 Å². The molecular weight excluding hydrogens is 406 g/mol. The van der Waals surface area contributed by atoms with Crippen molar-refractivity contribution in [2.75, 3.05) is 0 Å². The minimum Gasteiger partial charge on any atom is -0.481 e. The lowest BCUT2D eigenvalue weighted by molar-refractivity contribution is -0.150. The predicted octanol–water partition coefficient (Wildman–Crippen LogP) is 5.64. The smallest absolute Gasteiger partial charge is 0.412 e. The van der Waals surface area contributed by atoms with Gasteiger partial charge in [-0.3, -0.25) is 9.69 Å². The summed E-state index contributed by atoms with van der Waals surface area (Å²) >= 11 is 0. The molecule has 1 aromatic rings. The van der Waals surface area contributed by atoms with E-state index in [2.05, 4.69) is 0 Å². The van der Waals surface area contributed by atoms with Gasteiger partial charge in [0.15, 0.2) is 0 Å². The van der Waals surface area contributed by atoms with Crippen molar-refractivity contribution < 1.29 is 24.2 Å². The third-order valence-corrected chi connectivity index (χ3v) is 6.62. The van der Waals surface area contributed by atoms with E-state index >= 15 is 0 Å². The highest BCUT2D eigenvalue weighted by molar-refractivity contribution is 5.73. The Morgan fingerprint density at radius 1 is 1.16 bits per heavy atom. The number of carbonyl (C=O) groups is 2. The predicted molar refractivity (Wildman–Crippen MR) is 123 cm³/mol. The van der Waals surface area contributed by atoms with Crippen LogP contribution in [-0.2, 0) is 20.7 Å². The van der Waals surface area contributed by atoms with Gasteiger partial charge in [0.2, 0.25) is 0 Å². The molecule has 1 amide bonds. The summed E-state index contributed by atoms with van der Waals surface area (Å²) in [6.45, 7) is 9.21. The summed E-state index contributed by atoms with van der Waals surface area (Å²) < 4.78 is 12.1. The van der Waals surface area contributed by atoms with E-state index in [4.69, 9.17) is 9.47 Å². The maximum absolute atomic E-state index is 13.3. The molecule has 178 valence electrons. The van der Waals surface area contributed by atoms with Crippen LogP contribution in [0, 0.1) is 11.8 Å². The molecule has 1 N–H and O–H groups in total. The van der Waals surface area contributed by atoms with Gasteiger partial charge in [0, 0.05) is 0 Å². The molecule has 6 nitrogen and oxygen atoms in total. The van der Waals surface area contributed by atoms with Gasteiger partial charge in [-0.25, -0.2) is 4.79 Å². The summed E-state index contributed by atoms with van der Waals surface area (Å²) in [5, 5.41) is 10.2. The molecule has 1 aliphatic carbocycles. The Hall–Kier alpha value is -2.08. The first-order valence-corrected chi connectivity index (χ1v) is 11.9. The molecule has 3 atom stereocenters. The minimum atomic E-state index is -0.948. The Morgan fingerprint density at radius 2 is 1.78 bits per heavy atom. The number of amides is 1. The quantitative estimate of drug-likeness (QED) is 0.613. The van der Waals surface area contributed by atoms with Gasteiger partial charge in [-0.1, -0.05) is 62.4 Å². The van der Waals surface area contributed by atoms with Crippen molar-refractivity contribution in [3.8, 4) is 0 Å². The summed E-state index contributed by atoms with van der Waals surface area (Å²) in [5.74, 6) is -1.18. The summed E-state index contributed by atoms with van der Waals surface area (Å²) in [7, 11) is 0. The van der Waals surface area contributed by atoms with Gasteiger partial charge in [0.05, 0.1) is 18.1 Å². The second kappa shape index (κ2) is 9.82. The summed E-state index contributed by atoms with van der Waals surface area (Å²) in [6.07, 6.45) is 5.91. The molecule has 2 aliphatic rings. The van der Waals surface area contributed by atoms with E-state index < -0.39 is 35.4 Å². The highest BCUT2D eigenvalue weighted by Gasteiger charge is 2.55. The van der Waals surface area contributed by atoms with Gasteiger partial charge < -0.3 is 14.6 Å². The molecule has 3 rings (SSSR count). The average molecular weight is 446 g/mol. The van der Waals surface area contributed by atoms with Crippen LogP contribution >= 0.6 is 0 Å². The highest BCUT2D eigenvalue weighted by Crippen LogP contribution is 2.42. The molecule has 0 radical (unpaired) electrons. The number of hydrogen-bond donors (Lipinski definition) is 1. The number of aliphatic carboxylic acids is 1. The van der Waals surface area contributed by atoms with Gasteiger partial charge in [-0.2, -0.15) is 0 Å². The Balaban J connectivity index is 1.93. The van der Waals surface area contributed by atoms with Gasteiger partial charge in [0.1, 0.15) is 11.3 Å². The zero-order chi connectivity index (χ0) is 23.5. The van der Waals surface area contributed by atoms with Crippen LogP contribution in [0.1, 0.15) is 78.7 Å². The summed E-state index contributed by atoms with van der Waals surface area (Å²) in [6, 6.07) is 9.30. The first-order valence-electron chi connectivity index (χ1n) is 11.9. The third-order valence-electron chi connectivity index (χ3n) is 6.62. The van der Waals surface area contributed by atoms with Crippen molar-refractivity contribution >= 4 is 12.1 Å². The van der Waals surface area contributed by atoms with Gasteiger partial charge in [0.25, 0.3) is 0 Å². The number of benzene rings is 1. The van der Waals surface area contributed by atoms with Crippen molar-refractivity contribution in [1.29, 1.82) is 0 Å². The van der Waals surface area contributed by atoms with Crippen molar-refractivity contribution in [1.82, 2.24) is 4.90 Å². The molecule has 2 fully saturated rings. The van der Waals surface area contributed by atoms with E-state index in [-0.39, 0.29) is 6.04 Å². The van der Waals surface area contributed by atoms with E-state index in [0.29, 0.717) is 12.3 Å². The fourth-order valence-corrected chi connectivity index (χ4v) is 5.25. The topological polar surface area (TPSA) is 76.1 Å². The van der Waals surface area contributed by atoms with Crippen molar-refractivity contribution in [2.45, 2.75) is 103 Å². The van der Waals surface area contributed by atoms with Gasteiger partial charge in [-0.05, 0) is 58.9 Å². The number of carbonyl (C=O) groups excluding carboxylic acids is 1. The van der Waals surface area contributed by atoms with Crippen molar-refractivity contribution in [3.05, 3.63) is 35.9 Å². The zero-order valence-corrected chi connectivity index (χ0v) is 20.2. The number of rotatable bonds is 6. The van der Waals surface area contributed by atoms with E-state index in [9.17, 15) is 14.7 Å². The van der Waals surface area contributed by atoms with E-state index in [1.165, 1.54) is 19.3 Å². The number of hydrogen-bond acceptors (Lipinski definition) is 4. The molecule has 1 aromatic carbocycles. The largest absolute Gasteiger partial charge is 0.481 e. The number of ether oxygens (including phenoxy) is 2. The first kappa shape index (κ1) is 24.6. The molecule has 0 unspecified atom stereocenters. The molecule has 1 saturated carbocycles. The lowest BCUT2D eigenvalue weighted by Crippen LogP contribution is -2.51. The second-order valence-electron chi connectivity index (χ2n) is 10.8. The van der Waals surface area contributed by atoms with Crippen molar-refractivity contribution in [2.24, 2.45) is 11.8 Å². The normalized spacial score (nSPS) is 24.8. The minimum absolute atomic E-state index is 0.340. The molecule has 0 bridgehead atoms. The van der Waals surface area contributed by atoms with Crippen LogP contribution in [0.3, 0.4) is 0 Å². The molecule has 6 heteroatoms. The van der Waals surface area contributed by atoms with Crippen LogP contribution < -0.4 is 0 Å². The van der Waals surface area contributed by atoms with Crippen LogP contribution in [0.15, 0.2) is 30.3 Å². The fourth-order valence-electron chi connectivity index (χ4n) is 5.25. The summed E-state index contributed by atoms with van der Waals surface area (Å²) in [4.78, 5) is 27.4. The molecular formula is C26H39NO5. The fraction of sp³-hybridized carbons (Fsp3) is 0.692. The van der Waals surface area contributed by atoms with E-state index in [1.807, 2.05) is 65.0 Å². The maximum Gasteiger partial charge on any atom is 0.412 e. The standard InChI is InChI=1S/C26H39NO5/c1-25(2,3)32-24(30)27-21(17-19-14-10-7-11-15-19)22(31-26(27,4)5)20(23(28)29)16-18-12-8-6-9-13-18/h6,8-9,12-13,19-22H,7,10-11,14-17H2,1-5H3,(H,28,29)/t20-,21-,22-/m0/s1. The molecule has 0 aromatic heterocycles. The number of carboxylic acids is 1. The Kier molecular flexibility index (Phi) is 7.53. The van der Waals surface area contributed by atoms with Gasteiger partial charge in [-0.15, -0.1) is 0 Å². The molecule has 32 heavy (non-hydrogen) atoms. The second-order valence-corrected chi connectivity index (χ2v) is 10.8. The van der Waals surface area contributed by atoms with Crippen LogP contribution in [-0.4, -0.2) is 45.5 Å². The number of nitrogens with zero attached hydrogens (tertiary/aromatic N) is 1. The Labute approximate surface area is 192 Å². The maximum atomic E-state index is 13.3. The lowest BCUT2D eigenvalue weighted by atomic mass is 9.80. The summed E-state index contributed by atoms with van der Waals surface area (Å²) in [5.41, 5.74) is -0.637. The van der Waals surface area contributed by atoms with Crippen LogP contribution in [0.4, 0.5) is 4.79 Å². The SMILES string of the molecule is CC(C)(C)OC(=O)N1[C@@H](CC2CCCCC2)[C@H]([C@H](Cc2ccccc2)C(=O)O)OC1(C)C. The monoisotopic (exact) mass is 445 g/mol. The van der Waals surface area contributed by atoms with E-state index in [1.54, 1.807) is 4.90 Å². The number of carboxylic acid groups (broad SMARTS) is 1. The lowest BCUT2D eigenvalue weighted by Gasteiger charge is -2.37. The third kappa shape index (κ3) is 6.03. The molecule has 1 aliphatic heterocycles. The van der Waals surface area contributed by atoms with E-state index in [0.717, 1.165) is 24.8 Å². The Morgan fingerprint density at radius 3 is 2.34 bits per heavy atom. The zero-order valence-electron chi connectivity index (χ0n) is 20.2.